The SMILES string of the molecule is Cc1ccc(C)c(NC(=O)C2N(CCCCCO)C(=O)[C@@H]3[C@H](C(=O)Nc4ccccc4)[C@]4(C)CCC23O4)c1. The maximum Gasteiger partial charge on any atom is 0.250 e. The lowest BCUT2D eigenvalue weighted by Gasteiger charge is -2.33. The third kappa shape index (κ3) is 4.39. The highest BCUT2D eigenvalue weighted by Gasteiger charge is 2.77. The Bertz CT molecular complexity index is 1230. The van der Waals surface area contributed by atoms with E-state index in [9.17, 15) is 19.5 Å². The number of aliphatic hydroxyl groups excluding tert-OH is 1. The van der Waals surface area contributed by atoms with Crippen molar-refractivity contribution in [3.8, 4) is 0 Å². The summed E-state index contributed by atoms with van der Waals surface area (Å²) in [6.45, 7) is 6.25. The van der Waals surface area contributed by atoms with E-state index >= 15 is 0 Å². The molecule has 0 saturated carbocycles. The first-order valence-electron chi connectivity index (χ1n) is 13.6. The number of hydrogen-bond donors (Lipinski definition) is 3. The molecule has 3 amide bonds. The second-order valence-corrected chi connectivity index (χ2v) is 11.2. The van der Waals surface area contributed by atoms with Crippen LogP contribution in [0.1, 0.15) is 50.2 Å². The average Bonchev–Trinajstić information content (AvgIpc) is 3.45. The number of para-hydroxylation sites is 1. The van der Waals surface area contributed by atoms with Crippen LogP contribution in [0.25, 0.3) is 0 Å². The molecule has 3 fully saturated rings. The number of aliphatic hydroxyl groups is 1. The van der Waals surface area contributed by atoms with Gasteiger partial charge in [0.25, 0.3) is 0 Å². The first kappa shape index (κ1) is 26.4. The number of nitrogens with one attached hydrogen (secondary N) is 2. The molecule has 202 valence electrons. The Balaban J connectivity index is 1.48. The second-order valence-electron chi connectivity index (χ2n) is 11.2. The summed E-state index contributed by atoms with van der Waals surface area (Å²) in [5, 5.41) is 15.3. The number of benzene rings is 2. The van der Waals surface area contributed by atoms with E-state index < -0.39 is 29.1 Å². The van der Waals surface area contributed by atoms with Gasteiger partial charge in [-0.25, -0.2) is 0 Å². The highest BCUT2D eigenvalue weighted by molar-refractivity contribution is 6.05. The average molecular weight is 520 g/mol. The number of rotatable bonds is 9. The number of nitrogens with zero attached hydrogens (tertiary/aromatic N) is 1. The van der Waals surface area contributed by atoms with Crippen LogP contribution in [0.3, 0.4) is 0 Å². The van der Waals surface area contributed by atoms with Crippen LogP contribution in [0, 0.1) is 25.7 Å². The molecular weight excluding hydrogens is 482 g/mol. The van der Waals surface area contributed by atoms with Crippen LogP contribution in [0.4, 0.5) is 11.4 Å². The van der Waals surface area contributed by atoms with Crippen LogP contribution in [0.15, 0.2) is 48.5 Å². The summed E-state index contributed by atoms with van der Waals surface area (Å²) in [7, 11) is 0. The molecule has 38 heavy (non-hydrogen) atoms. The van der Waals surface area contributed by atoms with Gasteiger partial charge in [0.1, 0.15) is 11.6 Å². The molecule has 2 bridgehead atoms. The second kappa shape index (κ2) is 10.2. The highest BCUT2D eigenvalue weighted by atomic mass is 16.5. The number of hydrogen-bond acceptors (Lipinski definition) is 5. The predicted octanol–water partition coefficient (Wildman–Crippen LogP) is 3.81. The van der Waals surface area contributed by atoms with Gasteiger partial charge in [0, 0.05) is 24.5 Å². The number of unbranched alkanes of at least 4 members (excludes halogenated alkanes) is 2. The summed E-state index contributed by atoms with van der Waals surface area (Å²) in [5.41, 5.74) is 1.42. The smallest absolute Gasteiger partial charge is 0.250 e. The summed E-state index contributed by atoms with van der Waals surface area (Å²) in [4.78, 5) is 43.4. The molecule has 5 rings (SSSR count). The molecule has 3 N–H and O–H groups in total. The van der Waals surface area contributed by atoms with Crippen molar-refractivity contribution in [2.75, 3.05) is 23.8 Å². The molecule has 1 spiro atoms. The Morgan fingerprint density at radius 2 is 1.79 bits per heavy atom. The number of likely N-dealkylation sites (tertiary alicyclic amines) is 1. The lowest BCUT2D eigenvalue weighted by molar-refractivity contribution is -0.143. The number of carbonyl (C=O) groups excluding carboxylic acids is 3. The van der Waals surface area contributed by atoms with Crippen LogP contribution in [0.5, 0.6) is 0 Å². The van der Waals surface area contributed by atoms with E-state index in [1.54, 1.807) is 4.90 Å². The maximum absolute atomic E-state index is 14.1. The lowest BCUT2D eigenvalue weighted by Crippen LogP contribution is -2.53. The predicted molar refractivity (Wildman–Crippen MR) is 144 cm³/mol. The van der Waals surface area contributed by atoms with E-state index in [0.29, 0.717) is 43.6 Å². The van der Waals surface area contributed by atoms with Crippen molar-refractivity contribution in [2.45, 2.75) is 70.1 Å². The van der Waals surface area contributed by atoms with Crippen molar-refractivity contribution in [1.82, 2.24) is 4.90 Å². The molecule has 5 atom stereocenters. The van der Waals surface area contributed by atoms with Gasteiger partial charge in [0.15, 0.2) is 0 Å². The molecule has 0 radical (unpaired) electrons. The van der Waals surface area contributed by atoms with Crippen LogP contribution < -0.4 is 10.6 Å². The van der Waals surface area contributed by atoms with Crippen molar-refractivity contribution in [3.63, 3.8) is 0 Å². The van der Waals surface area contributed by atoms with Gasteiger partial charge < -0.3 is 25.4 Å². The van der Waals surface area contributed by atoms with Gasteiger partial charge in [-0.15, -0.1) is 0 Å². The number of aryl methyl sites for hydroxylation is 2. The molecule has 3 heterocycles. The molecule has 8 heteroatoms. The summed E-state index contributed by atoms with van der Waals surface area (Å²) < 4.78 is 6.67. The fourth-order valence-corrected chi connectivity index (χ4v) is 6.75. The Kier molecular flexibility index (Phi) is 7.05. The summed E-state index contributed by atoms with van der Waals surface area (Å²) in [6.07, 6.45) is 3.15. The molecule has 2 aromatic rings. The van der Waals surface area contributed by atoms with E-state index in [-0.39, 0.29) is 24.3 Å². The van der Waals surface area contributed by atoms with E-state index in [1.165, 1.54) is 0 Å². The minimum atomic E-state index is -1.07. The normalized spacial score (nSPS) is 29.4. The largest absolute Gasteiger partial charge is 0.396 e. The van der Waals surface area contributed by atoms with Gasteiger partial charge in [0.2, 0.25) is 17.7 Å². The van der Waals surface area contributed by atoms with E-state index in [1.807, 2.05) is 69.3 Å². The molecule has 0 aliphatic carbocycles. The van der Waals surface area contributed by atoms with Gasteiger partial charge in [-0.1, -0.05) is 30.3 Å². The maximum atomic E-state index is 14.1. The Morgan fingerprint density at radius 1 is 1.03 bits per heavy atom. The van der Waals surface area contributed by atoms with Crippen molar-refractivity contribution >= 4 is 29.1 Å². The zero-order chi connectivity index (χ0) is 27.1. The first-order chi connectivity index (χ1) is 18.2. The standard InChI is InChI=1S/C30H37N3O5/c1-19-12-13-20(2)22(18-19)32-27(36)25-30-15-14-29(3,38-30)23(26(35)31-21-10-6-4-7-11-21)24(30)28(37)33(25)16-8-5-9-17-34/h4,6-7,10-13,18,23-25,34H,5,8-9,14-17H2,1-3H3,(H,31,35)(H,32,36)/t23-,24+,25?,29+,30?/m1/s1. The molecule has 2 unspecified atom stereocenters. The van der Waals surface area contributed by atoms with Gasteiger partial charge >= 0.3 is 0 Å². The fourth-order valence-electron chi connectivity index (χ4n) is 6.75. The zero-order valence-electron chi connectivity index (χ0n) is 22.3. The number of ether oxygens (including phenoxy) is 1. The quantitative estimate of drug-likeness (QED) is 0.437. The van der Waals surface area contributed by atoms with Crippen LogP contribution in [-0.2, 0) is 19.1 Å². The molecule has 0 aromatic heterocycles. The van der Waals surface area contributed by atoms with Gasteiger partial charge in [-0.05, 0) is 82.2 Å². The molecule has 3 aliphatic rings. The third-order valence-electron chi connectivity index (χ3n) is 8.56. The van der Waals surface area contributed by atoms with Crippen LogP contribution in [0.2, 0.25) is 0 Å². The van der Waals surface area contributed by atoms with Crippen LogP contribution >= 0.6 is 0 Å². The molecular formula is C30H37N3O5. The minimum Gasteiger partial charge on any atom is -0.396 e. The summed E-state index contributed by atoms with van der Waals surface area (Å²) >= 11 is 0. The monoisotopic (exact) mass is 519 g/mol. The number of fused-ring (bicyclic) bond motifs is 1. The fraction of sp³-hybridized carbons (Fsp3) is 0.500. The Labute approximate surface area is 223 Å². The minimum absolute atomic E-state index is 0.0836. The van der Waals surface area contributed by atoms with E-state index in [2.05, 4.69) is 10.6 Å². The number of carbonyl (C=O) groups is 3. The number of amides is 3. The van der Waals surface area contributed by atoms with Crippen molar-refractivity contribution in [1.29, 1.82) is 0 Å². The van der Waals surface area contributed by atoms with Gasteiger partial charge in [-0.2, -0.15) is 0 Å². The Morgan fingerprint density at radius 3 is 2.53 bits per heavy atom. The summed E-state index contributed by atoms with van der Waals surface area (Å²) in [6, 6.07) is 14.2. The van der Waals surface area contributed by atoms with Gasteiger partial charge in [-0.3, -0.25) is 14.4 Å². The highest BCUT2D eigenvalue weighted by Crippen LogP contribution is 2.63. The first-order valence-corrected chi connectivity index (χ1v) is 13.6. The van der Waals surface area contributed by atoms with E-state index in [4.69, 9.17) is 4.74 Å². The van der Waals surface area contributed by atoms with Crippen LogP contribution in [-0.4, -0.2) is 58.1 Å². The zero-order valence-corrected chi connectivity index (χ0v) is 22.3. The molecule has 8 nitrogen and oxygen atoms in total. The molecule has 3 aliphatic heterocycles. The third-order valence-corrected chi connectivity index (χ3v) is 8.56. The van der Waals surface area contributed by atoms with Crippen molar-refractivity contribution in [3.05, 3.63) is 59.7 Å². The molecule has 3 saturated heterocycles. The van der Waals surface area contributed by atoms with Gasteiger partial charge in [0.05, 0.1) is 17.4 Å². The topological polar surface area (TPSA) is 108 Å². The lowest BCUT2D eigenvalue weighted by atomic mass is 9.66. The Hall–Kier alpha value is -3.23. The summed E-state index contributed by atoms with van der Waals surface area (Å²) in [5.74, 6) is -2.19. The van der Waals surface area contributed by atoms with E-state index in [0.717, 1.165) is 17.5 Å². The van der Waals surface area contributed by atoms with Crippen molar-refractivity contribution in [2.24, 2.45) is 11.8 Å². The van der Waals surface area contributed by atoms with Crippen molar-refractivity contribution < 1.29 is 24.2 Å². The number of anilines is 2. The molecule has 2 aromatic carbocycles.